The van der Waals surface area contributed by atoms with Gasteiger partial charge in [-0.25, -0.2) is 0 Å². The van der Waals surface area contributed by atoms with Crippen LogP contribution in [0.1, 0.15) is 25.0 Å². The maximum atomic E-state index is 7.30. The van der Waals surface area contributed by atoms with E-state index in [-0.39, 0.29) is 5.41 Å². The summed E-state index contributed by atoms with van der Waals surface area (Å²) in [4.78, 5) is 1.88. The molecule has 1 nitrogen and oxygen atoms in total. The van der Waals surface area contributed by atoms with Crippen molar-refractivity contribution in [1.29, 1.82) is 0 Å². The smallest absolute Gasteiger partial charge is 0.139 e. The Hall–Kier alpha value is -3.32. The lowest BCUT2D eigenvalue weighted by Crippen LogP contribution is -2.33. The Bertz CT molecular complexity index is 1710. The summed E-state index contributed by atoms with van der Waals surface area (Å²) in [6.45, 7) is 4.61. The second kappa shape index (κ2) is 12.2. The Labute approximate surface area is 273 Å². The summed E-state index contributed by atoms with van der Waals surface area (Å²) in [7, 11) is -1.82. The first-order chi connectivity index (χ1) is 21.4. The van der Waals surface area contributed by atoms with Gasteiger partial charge in [0.2, 0.25) is 0 Å². The van der Waals surface area contributed by atoms with Crippen LogP contribution >= 0.6 is 41.1 Å². The molecule has 1 heterocycles. The SMILES string of the molecule is CC1(C)c2cc(S)cc(P(c3ccccc3)c3ccccc3)c2Oc2c(P(c3ccccc3)c3ccccc3)cc(S)cc21. The van der Waals surface area contributed by atoms with E-state index in [1.165, 1.54) is 31.8 Å². The van der Waals surface area contributed by atoms with E-state index in [1.54, 1.807) is 0 Å². The van der Waals surface area contributed by atoms with Crippen molar-refractivity contribution < 1.29 is 4.74 Å². The van der Waals surface area contributed by atoms with Crippen LogP contribution in [0.2, 0.25) is 0 Å². The number of fused-ring (bicyclic) bond motifs is 2. The standard InChI is InChI=1S/C39H32OP2S2/c1-39(2)33-23-31(43)25-35(41(27-15-7-3-8-16-27)28-17-9-4-10-18-28)37(33)40-38-34(39)24-32(44)26-36(38)42(29-19-11-5-12-20-29)30-21-13-6-14-22-30/h3-26,43-44H,1-2H3. The number of benzene rings is 6. The highest BCUT2D eigenvalue weighted by Crippen LogP contribution is 2.53. The lowest BCUT2D eigenvalue weighted by atomic mass is 9.76. The zero-order valence-corrected chi connectivity index (χ0v) is 28.1. The summed E-state index contributed by atoms with van der Waals surface area (Å²) >= 11 is 9.93. The van der Waals surface area contributed by atoms with E-state index in [0.29, 0.717) is 0 Å². The molecule has 0 amide bonds. The first-order valence-corrected chi connectivity index (χ1v) is 18.2. The van der Waals surface area contributed by atoms with Gasteiger partial charge in [-0.15, -0.1) is 25.3 Å². The average molecular weight is 643 g/mol. The van der Waals surface area contributed by atoms with Crippen LogP contribution in [-0.2, 0) is 5.41 Å². The minimum absolute atomic E-state index is 0.341. The molecule has 216 valence electrons. The Balaban J connectivity index is 1.49. The summed E-state index contributed by atoms with van der Waals surface area (Å²) in [5.41, 5.74) is 1.97. The molecule has 0 N–H and O–H groups in total. The van der Waals surface area contributed by atoms with E-state index in [9.17, 15) is 0 Å². The van der Waals surface area contributed by atoms with Crippen molar-refractivity contribution in [3.63, 3.8) is 0 Å². The first kappa shape index (κ1) is 29.4. The molecule has 0 aliphatic carbocycles. The fraction of sp³-hybridized carbons (Fsp3) is 0.0769. The normalized spacial score (nSPS) is 13.3. The summed E-state index contributed by atoms with van der Waals surface area (Å²) < 4.78 is 7.30. The minimum Gasteiger partial charge on any atom is -0.455 e. The van der Waals surface area contributed by atoms with Gasteiger partial charge in [-0.1, -0.05) is 135 Å². The molecule has 0 saturated carbocycles. The molecule has 7 rings (SSSR count). The first-order valence-electron chi connectivity index (χ1n) is 14.6. The Kier molecular flexibility index (Phi) is 8.17. The van der Waals surface area contributed by atoms with Crippen molar-refractivity contribution in [1.82, 2.24) is 0 Å². The molecule has 6 aromatic rings. The summed E-state index contributed by atoms with van der Waals surface area (Å²) in [5.74, 6) is 1.90. The molecule has 0 aromatic heterocycles. The molecule has 0 radical (unpaired) electrons. The van der Waals surface area contributed by atoms with Gasteiger partial charge in [0, 0.05) is 36.9 Å². The van der Waals surface area contributed by atoms with Gasteiger partial charge in [0.05, 0.1) is 0 Å². The molecule has 1 aliphatic rings. The predicted octanol–water partition coefficient (Wildman–Crippen LogP) is 8.21. The van der Waals surface area contributed by atoms with Gasteiger partial charge in [0.1, 0.15) is 11.5 Å². The molecule has 44 heavy (non-hydrogen) atoms. The summed E-state index contributed by atoms with van der Waals surface area (Å²) in [5, 5.41) is 7.49. The highest BCUT2D eigenvalue weighted by molar-refractivity contribution is 7.81. The van der Waals surface area contributed by atoms with Crippen LogP contribution in [0, 0.1) is 0 Å². The van der Waals surface area contributed by atoms with Gasteiger partial charge in [-0.3, -0.25) is 0 Å². The fourth-order valence-electron chi connectivity index (χ4n) is 6.08. The highest BCUT2D eigenvalue weighted by Gasteiger charge is 2.40. The van der Waals surface area contributed by atoms with Crippen molar-refractivity contribution in [2.24, 2.45) is 0 Å². The van der Waals surface area contributed by atoms with Gasteiger partial charge in [-0.05, 0) is 61.3 Å². The molecule has 5 heteroatoms. The third-order valence-electron chi connectivity index (χ3n) is 8.20. The lowest BCUT2D eigenvalue weighted by Gasteiger charge is -2.39. The molecule has 6 aromatic carbocycles. The fourth-order valence-corrected chi connectivity index (χ4v) is 11.7. The molecular weight excluding hydrogens is 611 g/mol. The number of thiol groups is 2. The molecule has 0 fully saturated rings. The van der Waals surface area contributed by atoms with Crippen LogP contribution in [0.25, 0.3) is 0 Å². The Morgan fingerprint density at radius 1 is 0.455 bits per heavy atom. The Morgan fingerprint density at radius 2 is 0.750 bits per heavy atom. The predicted molar refractivity (Wildman–Crippen MR) is 197 cm³/mol. The van der Waals surface area contributed by atoms with Crippen molar-refractivity contribution in [3.05, 3.63) is 157 Å². The van der Waals surface area contributed by atoms with E-state index < -0.39 is 15.8 Å². The number of rotatable bonds is 6. The largest absolute Gasteiger partial charge is 0.455 e. The summed E-state index contributed by atoms with van der Waals surface area (Å²) in [6, 6.07) is 52.1. The van der Waals surface area contributed by atoms with E-state index in [4.69, 9.17) is 30.0 Å². The number of hydrogen-bond donors (Lipinski definition) is 2. The minimum atomic E-state index is -0.910. The monoisotopic (exact) mass is 642 g/mol. The topological polar surface area (TPSA) is 9.23 Å². The highest BCUT2D eigenvalue weighted by atomic mass is 32.1. The molecule has 1 aliphatic heterocycles. The summed E-state index contributed by atoms with van der Waals surface area (Å²) in [6.07, 6.45) is 0. The second-order valence-electron chi connectivity index (χ2n) is 11.4. The van der Waals surface area contributed by atoms with Crippen LogP contribution in [0.3, 0.4) is 0 Å². The second-order valence-corrected chi connectivity index (χ2v) is 16.8. The van der Waals surface area contributed by atoms with Crippen molar-refractivity contribution in [2.75, 3.05) is 0 Å². The number of ether oxygens (including phenoxy) is 1. The van der Waals surface area contributed by atoms with E-state index in [0.717, 1.165) is 32.4 Å². The van der Waals surface area contributed by atoms with Crippen LogP contribution in [0.15, 0.2) is 155 Å². The van der Waals surface area contributed by atoms with Crippen molar-refractivity contribution in [2.45, 2.75) is 29.1 Å². The average Bonchev–Trinajstić information content (AvgIpc) is 3.04. The van der Waals surface area contributed by atoms with Crippen LogP contribution < -0.4 is 36.6 Å². The molecular formula is C39H32OP2S2. The van der Waals surface area contributed by atoms with E-state index >= 15 is 0 Å². The Morgan fingerprint density at radius 3 is 1.05 bits per heavy atom. The van der Waals surface area contributed by atoms with E-state index in [2.05, 4.69) is 159 Å². The quantitative estimate of drug-likeness (QED) is 0.138. The zero-order chi connectivity index (χ0) is 30.3. The molecule has 0 saturated heterocycles. The zero-order valence-electron chi connectivity index (χ0n) is 24.6. The van der Waals surface area contributed by atoms with Gasteiger partial charge in [-0.2, -0.15) is 0 Å². The third-order valence-corrected chi connectivity index (χ3v) is 13.6. The number of hydrogen-bond acceptors (Lipinski definition) is 3. The third kappa shape index (κ3) is 5.42. The van der Waals surface area contributed by atoms with Gasteiger partial charge in [0.25, 0.3) is 0 Å². The van der Waals surface area contributed by atoms with Gasteiger partial charge >= 0.3 is 0 Å². The lowest BCUT2D eigenvalue weighted by molar-refractivity contribution is 0.423. The molecule has 0 unspecified atom stereocenters. The van der Waals surface area contributed by atoms with Gasteiger partial charge in [0.15, 0.2) is 0 Å². The maximum absolute atomic E-state index is 7.30. The molecule has 0 atom stereocenters. The van der Waals surface area contributed by atoms with E-state index in [1.807, 2.05) is 0 Å². The molecule has 0 bridgehead atoms. The van der Waals surface area contributed by atoms with Crippen LogP contribution in [0.4, 0.5) is 0 Å². The van der Waals surface area contributed by atoms with Crippen molar-refractivity contribution in [3.8, 4) is 11.5 Å². The van der Waals surface area contributed by atoms with Gasteiger partial charge < -0.3 is 4.74 Å². The van der Waals surface area contributed by atoms with Crippen LogP contribution in [0.5, 0.6) is 11.5 Å². The van der Waals surface area contributed by atoms with Crippen LogP contribution in [-0.4, -0.2) is 0 Å². The maximum Gasteiger partial charge on any atom is 0.139 e. The molecule has 0 spiro atoms. The van der Waals surface area contributed by atoms with Crippen molar-refractivity contribution >= 4 is 72.9 Å².